The summed E-state index contributed by atoms with van der Waals surface area (Å²) in [6.45, 7) is 1.65. The summed E-state index contributed by atoms with van der Waals surface area (Å²) < 4.78 is 0. The molecule has 2 aromatic carbocycles. The Balaban J connectivity index is 1.37. The maximum absolute atomic E-state index is 10.2. The van der Waals surface area contributed by atoms with Gasteiger partial charge in [-0.2, -0.15) is 0 Å². The molecule has 0 bridgehead atoms. The molecule has 192 valence electrons. The van der Waals surface area contributed by atoms with Crippen LogP contribution in [-0.2, 0) is 12.1 Å². The molecule has 0 amide bonds. The van der Waals surface area contributed by atoms with Crippen molar-refractivity contribution in [1.82, 2.24) is 15.0 Å². The summed E-state index contributed by atoms with van der Waals surface area (Å²) in [6, 6.07) is 20.3. The molecule has 1 aliphatic carbocycles. The molecule has 0 unspecified atom stereocenters. The highest BCUT2D eigenvalue weighted by Gasteiger charge is 2.49. The average Bonchev–Trinajstić information content (AvgIpc) is 3.56. The second-order valence-corrected chi connectivity index (χ2v) is 12.1. The summed E-state index contributed by atoms with van der Waals surface area (Å²) in [4.78, 5) is 15.9. The second kappa shape index (κ2) is 9.37. The van der Waals surface area contributed by atoms with Crippen LogP contribution >= 0.6 is 22.7 Å². The first-order chi connectivity index (χ1) is 18.2. The summed E-state index contributed by atoms with van der Waals surface area (Å²) in [5, 5.41) is 21.4. The Bertz CT molecular complexity index is 1600. The smallest absolute Gasteiger partial charge is 0.136 e. The van der Waals surface area contributed by atoms with E-state index in [2.05, 4.69) is 46.4 Å². The van der Waals surface area contributed by atoms with Gasteiger partial charge < -0.3 is 21.7 Å². The molecular formula is C29H27N5O2S2. The van der Waals surface area contributed by atoms with Crippen LogP contribution in [-0.4, -0.2) is 30.8 Å². The first-order valence-corrected chi connectivity index (χ1v) is 13.9. The standard InChI is InChI=1S/C29H27N5O2S2/c1-28(36)15-29(31,16-28)21-9-7-17(8-10-21)23-24(18-5-3-2-4-6-18)38-27(34-23)22-13-33-26(37-22)19-11-20(14-35)25(30)32-12-19/h2-13,35-36H,14-16,31H2,1H3,(H2,30,32). The van der Waals surface area contributed by atoms with Crippen LogP contribution in [0.25, 0.3) is 42.2 Å². The van der Waals surface area contributed by atoms with Crippen LogP contribution in [0.2, 0.25) is 0 Å². The molecule has 0 atom stereocenters. The lowest BCUT2D eigenvalue weighted by Gasteiger charge is -2.49. The van der Waals surface area contributed by atoms with Crippen LogP contribution in [0, 0.1) is 0 Å². The Morgan fingerprint density at radius 2 is 1.63 bits per heavy atom. The summed E-state index contributed by atoms with van der Waals surface area (Å²) >= 11 is 3.16. The molecule has 0 aliphatic heterocycles. The van der Waals surface area contributed by atoms with Crippen LogP contribution in [0.1, 0.15) is 30.9 Å². The molecule has 1 fully saturated rings. The van der Waals surface area contributed by atoms with Crippen molar-refractivity contribution in [1.29, 1.82) is 0 Å². The van der Waals surface area contributed by atoms with Gasteiger partial charge in [-0.3, -0.25) is 0 Å². The largest absolute Gasteiger partial charge is 0.392 e. The van der Waals surface area contributed by atoms with E-state index in [0.717, 1.165) is 47.7 Å². The van der Waals surface area contributed by atoms with E-state index >= 15 is 0 Å². The predicted octanol–water partition coefficient (Wildman–Crippen LogP) is 5.44. The van der Waals surface area contributed by atoms with Crippen LogP contribution in [0.15, 0.2) is 73.1 Å². The predicted molar refractivity (Wildman–Crippen MR) is 153 cm³/mol. The maximum Gasteiger partial charge on any atom is 0.136 e. The zero-order valence-electron chi connectivity index (χ0n) is 20.8. The zero-order chi connectivity index (χ0) is 26.5. The van der Waals surface area contributed by atoms with Gasteiger partial charge in [0, 0.05) is 34.6 Å². The highest BCUT2D eigenvalue weighted by molar-refractivity contribution is 7.25. The molecule has 9 heteroatoms. The summed E-state index contributed by atoms with van der Waals surface area (Å²) in [6.07, 6.45) is 4.60. The minimum Gasteiger partial charge on any atom is -0.392 e. The molecule has 7 nitrogen and oxygen atoms in total. The Hall–Kier alpha value is -3.47. The molecule has 38 heavy (non-hydrogen) atoms. The first-order valence-electron chi connectivity index (χ1n) is 12.2. The normalized spacial score (nSPS) is 20.8. The van der Waals surface area contributed by atoms with E-state index in [-0.39, 0.29) is 6.61 Å². The number of hydrogen-bond acceptors (Lipinski definition) is 9. The summed E-state index contributed by atoms with van der Waals surface area (Å²) in [7, 11) is 0. The van der Waals surface area contributed by atoms with Crippen molar-refractivity contribution in [2.45, 2.75) is 37.5 Å². The lowest BCUT2D eigenvalue weighted by Crippen LogP contribution is -2.58. The van der Waals surface area contributed by atoms with Crippen molar-refractivity contribution in [2.75, 3.05) is 5.73 Å². The quantitative estimate of drug-likeness (QED) is 0.225. The highest BCUT2D eigenvalue weighted by atomic mass is 32.1. The number of nitrogens with zero attached hydrogens (tertiary/aromatic N) is 3. The number of anilines is 1. The number of nitrogens with two attached hydrogens (primary N) is 2. The van der Waals surface area contributed by atoms with E-state index in [1.165, 1.54) is 11.3 Å². The number of aromatic nitrogens is 3. The van der Waals surface area contributed by atoms with Gasteiger partial charge in [0.2, 0.25) is 0 Å². The van der Waals surface area contributed by atoms with Crippen molar-refractivity contribution >= 4 is 28.5 Å². The SMILES string of the molecule is CC1(O)CC(N)(c2ccc(-c3nc(-c4cnc(-c5cnc(N)c(CO)c5)s4)sc3-c3ccccc3)cc2)C1. The van der Waals surface area contributed by atoms with E-state index < -0.39 is 11.1 Å². The molecule has 1 saturated carbocycles. The van der Waals surface area contributed by atoms with Gasteiger partial charge in [-0.1, -0.05) is 54.6 Å². The zero-order valence-corrected chi connectivity index (χ0v) is 22.4. The number of thiazole rings is 2. The van der Waals surface area contributed by atoms with Crippen molar-refractivity contribution in [3.05, 3.63) is 84.2 Å². The van der Waals surface area contributed by atoms with Crippen LogP contribution in [0.3, 0.4) is 0 Å². The fourth-order valence-corrected chi connectivity index (χ4v) is 7.18. The number of hydrogen-bond donors (Lipinski definition) is 4. The Kier molecular flexibility index (Phi) is 6.13. The van der Waals surface area contributed by atoms with Gasteiger partial charge in [-0.05, 0) is 37.0 Å². The van der Waals surface area contributed by atoms with Crippen LogP contribution in [0.4, 0.5) is 5.82 Å². The number of aliphatic hydroxyl groups excluding tert-OH is 1. The summed E-state index contributed by atoms with van der Waals surface area (Å²) in [5.41, 5.74) is 16.6. The Morgan fingerprint density at radius 3 is 2.32 bits per heavy atom. The number of aliphatic hydroxyl groups is 2. The molecule has 3 aromatic heterocycles. The third-order valence-corrected chi connectivity index (χ3v) is 9.24. The van der Waals surface area contributed by atoms with Crippen LogP contribution < -0.4 is 11.5 Å². The Labute approximate surface area is 228 Å². The van der Waals surface area contributed by atoms with Crippen molar-refractivity contribution in [2.24, 2.45) is 5.73 Å². The van der Waals surface area contributed by atoms with Gasteiger partial charge in [-0.25, -0.2) is 15.0 Å². The minimum atomic E-state index is -0.701. The lowest BCUT2D eigenvalue weighted by atomic mass is 9.63. The third-order valence-electron chi connectivity index (χ3n) is 6.92. The number of pyridine rings is 1. The van der Waals surface area contributed by atoms with E-state index in [1.807, 2.05) is 37.4 Å². The van der Waals surface area contributed by atoms with E-state index in [4.69, 9.17) is 16.5 Å². The van der Waals surface area contributed by atoms with Gasteiger partial charge >= 0.3 is 0 Å². The number of nitrogen functional groups attached to an aromatic ring is 1. The first kappa shape index (κ1) is 24.8. The van der Waals surface area contributed by atoms with Gasteiger partial charge in [0.15, 0.2) is 0 Å². The highest BCUT2D eigenvalue weighted by Crippen LogP contribution is 2.47. The van der Waals surface area contributed by atoms with E-state index in [1.54, 1.807) is 17.5 Å². The molecule has 5 aromatic rings. The fourth-order valence-electron chi connectivity index (χ4n) is 5.15. The molecule has 3 heterocycles. The molecule has 1 aliphatic rings. The monoisotopic (exact) mass is 541 g/mol. The van der Waals surface area contributed by atoms with Crippen molar-refractivity contribution in [3.63, 3.8) is 0 Å². The summed E-state index contributed by atoms with van der Waals surface area (Å²) in [5.74, 6) is 0.319. The minimum absolute atomic E-state index is 0.176. The van der Waals surface area contributed by atoms with E-state index in [0.29, 0.717) is 24.2 Å². The Morgan fingerprint density at radius 1 is 0.895 bits per heavy atom. The van der Waals surface area contributed by atoms with Crippen molar-refractivity contribution < 1.29 is 10.2 Å². The van der Waals surface area contributed by atoms with Gasteiger partial charge in [0.25, 0.3) is 0 Å². The van der Waals surface area contributed by atoms with Crippen molar-refractivity contribution in [3.8, 4) is 42.2 Å². The third kappa shape index (κ3) is 4.53. The average molecular weight is 542 g/mol. The number of benzene rings is 2. The molecular weight excluding hydrogens is 514 g/mol. The molecule has 0 spiro atoms. The topological polar surface area (TPSA) is 131 Å². The van der Waals surface area contributed by atoms with E-state index in [9.17, 15) is 10.2 Å². The fraction of sp³-hybridized carbons (Fsp3) is 0.207. The molecule has 0 radical (unpaired) electrons. The molecule has 6 N–H and O–H groups in total. The maximum atomic E-state index is 10.2. The van der Waals surface area contributed by atoms with Gasteiger partial charge in [0.1, 0.15) is 15.8 Å². The lowest BCUT2D eigenvalue weighted by molar-refractivity contribution is -0.0738. The number of rotatable bonds is 6. The van der Waals surface area contributed by atoms with Gasteiger partial charge in [-0.15, -0.1) is 22.7 Å². The second-order valence-electron chi connectivity index (χ2n) is 10.1. The molecule has 0 saturated heterocycles. The molecule has 6 rings (SSSR count). The van der Waals surface area contributed by atoms with Gasteiger partial charge in [0.05, 0.1) is 27.7 Å². The van der Waals surface area contributed by atoms with Crippen LogP contribution in [0.5, 0.6) is 0 Å².